The molecule has 3 rings (SSSR count). The number of rotatable bonds is 4. The summed E-state index contributed by atoms with van der Waals surface area (Å²) in [6, 6.07) is 5.81. The summed E-state index contributed by atoms with van der Waals surface area (Å²) < 4.78 is 11.2. The largest absolute Gasteiger partial charge is 0.381 e. The zero-order valence-corrected chi connectivity index (χ0v) is 12.2. The van der Waals surface area contributed by atoms with Crippen molar-refractivity contribution < 1.29 is 14.3 Å². The van der Waals surface area contributed by atoms with E-state index in [4.69, 9.17) is 9.47 Å². The molecular formula is C16H22N2O3. The highest BCUT2D eigenvalue weighted by molar-refractivity contribution is 5.79. The molecule has 0 bridgehead atoms. The predicted molar refractivity (Wildman–Crippen MR) is 77.6 cm³/mol. The molecule has 3 heterocycles. The Balaban J connectivity index is 1.45. The van der Waals surface area contributed by atoms with Crippen LogP contribution in [0.3, 0.4) is 0 Å². The summed E-state index contributed by atoms with van der Waals surface area (Å²) in [6.07, 6.45) is 4.54. The van der Waals surface area contributed by atoms with Crippen molar-refractivity contribution in [2.24, 2.45) is 5.92 Å². The van der Waals surface area contributed by atoms with Gasteiger partial charge < -0.3 is 14.4 Å². The summed E-state index contributed by atoms with van der Waals surface area (Å²) >= 11 is 0. The Morgan fingerprint density at radius 3 is 2.95 bits per heavy atom. The van der Waals surface area contributed by atoms with Crippen molar-refractivity contribution in [2.75, 3.05) is 26.3 Å². The highest BCUT2D eigenvalue weighted by Gasteiger charge is 2.32. The van der Waals surface area contributed by atoms with Gasteiger partial charge in [0, 0.05) is 38.4 Å². The van der Waals surface area contributed by atoms with E-state index < -0.39 is 0 Å². The Hall–Kier alpha value is -1.46. The molecule has 0 N–H and O–H groups in total. The minimum absolute atomic E-state index is 0.135. The van der Waals surface area contributed by atoms with Crippen LogP contribution in [-0.2, 0) is 20.9 Å². The number of hydrogen-bond acceptors (Lipinski definition) is 4. The summed E-state index contributed by atoms with van der Waals surface area (Å²) in [6.45, 7) is 3.46. The average Bonchev–Trinajstić information content (AvgIpc) is 3.03. The third-order valence-electron chi connectivity index (χ3n) is 4.22. The summed E-state index contributed by atoms with van der Waals surface area (Å²) in [5.74, 6) is 0.426. The van der Waals surface area contributed by atoms with Gasteiger partial charge in [-0.15, -0.1) is 0 Å². The Morgan fingerprint density at radius 2 is 2.19 bits per heavy atom. The first-order chi connectivity index (χ1) is 10.3. The van der Waals surface area contributed by atoms with Crippen LogP contribution in [0, 0.1) is 5.92 Å². The fraction of sp³-hybridized carbons (Fsp3) is 0.625. The quantitative estimate of drug-likeness (QED) is 0.845. The maximum absolute atomic E-state index is 12.4. The van der Waals surface area contributed by atoms with Gasteiger partial charge in [-0.05, 0) is 31.4 Å². The second kappa shape index (κ2) is 7.00. The van der Waals surface area contributed by atoms with Gasteiger partial charge in [-0.2, -0.15) is 0 Å². The first-order valence-electron chi connectivity index (χ1n) is 7.71. The van der Waals surface area contributed by atoms with E-state index in [2.05, 4.69) is 4.98 Å². The molecule has 0 radical (unpaired) electrons. The van der Waals surface area contributed by atoms with Gasteiger partial charge >= 0.3 is 0 Å². The second-order valence-electron chi connectivity index (χ2n) is 5.71. The number of aromatic nitrogens is 1. The standard InChI is InChI=1S/C16H22N2O3/c19-16(13-5-9-20-10-6-13)18-8-4-15(11-18)21-12-14-3-1-2-7-17-14/h1-3,7,13,15H,4-6,8-12H2. The van der Waals surface area contributed by atoms with Crippen LogP contribution in [0.2, 0.25) is 0 Å². The maximum Gasteiger partial charge on any atom is 0.225 e. The molecule has 1 unspecified atom stereocenters. The molecular weight excluding hydrogens is 268 g/mol. The fourth-order valence-corrected chi connectivity index (χ4v) is 2.95. The molecule has 21 heavy (non-hydrogen) atoms. The molecule has 2 aliphatic rings. The Morgan fingerprint density at radius 1 is 1.33 bits per heavy atom. The van der Waals surface area contributed by atoms with E-state index in [0.29, 0.717) is 26.4 Å². The molecule has 2 aliphatic heterocycles. The van der Waals surface area contributed by atoms with Crippen LogP contribution in [0.1, 0.15) is 25.0 Å². The van der Waals surface area contributed by atoms with Crippen LogP contribution < -0.4 is 0 Å². The van der Waals surface area contributed by atoms with Gasteiger partial charge in [-0.1, -0.05) is 6.07 Å². The van der Waals surface area contributed by atoms with Crippen LogP contribution in [0.15, 0.2) is 24.4 Å². The molecule has 114 valence electrons. The van der Waals surface area contributed by atoms with Crippen molar-refractivity contribution in [1.29, 1.82) is 0 Å². The number of likely N-dealkylation sites (tertiary alicyclic amines) is 1. The average molecular weight is 290 g/mol. The molecule has 1 aromatic heterocycles. The monoisotopic (exact) mass is 290 g/mol. The van der Waals surface area contributed by atoms with Crippen LogP contribution in [0.4, 0.5) is 0 Å². The normalized spacial score (nSPS) is 23.4. The summed E-state index contributed by atoms with van der Waals surface area (Å²) in [4.78, 5) is 18.6. The smallest absolute Gasteiger partial charge is 0.225 e. The third kappa shape index (κ3) is 3.80. The van der Waals surface area contributed by atoms with Gasteiger partial charge in [0.05, 0.1) is 18.4 Å². The Kier molecular flexibility index (Phi) is 4.83. The lowest BCUT2D eigenvalue weighted by Gasteiger charge is -2.26. The minimum atomic E-state index is 0.135. The maximum atomic E-state index is 12.4. The van der Waals surface area contributed by atoms with Crippen LogP contribution in [-0.4, -0.2) is 48.2 Å². The molecule has 0 aromatic carbocycles. The van der Waals surface area contributed by atoms with E-state index in [9.17, 15) is 4.79 Å². The van der Waals surface area contributed by atoms with Crippen molar-refractivity contribution in [1.82, 2.24) is 9.88 Å². The molecule has 1 atom stereocenters. The Labute approximate surface area is 125 Å². The van der Waals surface area contributed by atoms with E-state index in [1.165, 1.54) is 0 Å². The van der Waals surface area contributed by atoms with E-state index >= 15 is 0 Å². The molecule has 1 amide bonds. The van der Waals surface area contributed by atoms with E-state index in [-0.39, 0.29) is 17.9 Å². The predicted octanol–water partition coefficient (Wildman–Crippen LogP) is 1.63. The van der Waals surface area contributed by atoms with Crippen molar-refractivity contribution in [3.8, 4) is 0 Å². The minimum Gasteiger partial charge on any atom is -0.381 e. The van der Waals surface area contributed by atoms with Crippen molar-refractivity contribution in [2.45, 2.75) is 32.0 Å². The van der Waals surface area contributed by atoms with Crippen molar-refractivity contribution >= 4 is 5.91 Å². The third-order valence-corrected chi connectivity index (χ3v) is 4.22. The number of carbonyl (C=O) groups is 1. The lowest BCUT2D eigenvalue weighted by Crippen LogP contribution is -2.37. The molecule has 1 aromatic rings. The van der Waals surface area contributed by atoms with Crippen molar-refractivity contribution in [3.05, 3.63) is 30.1 Å². The highest BCUT2D eigenvalue weighted by atomic mass is 16.5. The molecule has 0 saturated carbocycles. The molecule has 2 fully saturated rings. The first kappa shape index (κ1) is 14.5. The Bertz CT molecular complexity index is 460. The van der Waals surface area contributed by atoms with Gasteiger partial charge in [0.2, 0.25) is 5.91 Å². The van der Waals surface area contributed by atoms with Crippen molar-refractivity contribution in [3.63, 3.8) is 0 Å². The second-order valence-corrected chi connectivity index (χ2v) is 5.71. The van der Waals surface area contributed by atoms with Crippen LogP contribution in [0.5, 0.6) is 0 Å². The van der Waals surface area contributed by atoms with Crippen LogP contribution >= 0.6 is 0 Å². The summed E-state index contributed by atoms with van der Waals surface area (Å²) in [5.41, 5.74) is 0.937. The highest BCUT2D eigenvalue weighted by Crippen LogP contribution is 2.22. The zero-order chi connectivity index (χ0) is 14.5. The summed E-state index contributed by atoms with van der Waals surface area (Å²) in [7, 11) is 0. The molecule has 5 heteroatoms. The van der Waals surface area contributed by atoms with Gasteiger partial charge in [0.1, 0.15) is 0 Å². The van der Waals surface area contributed by atoms with Gasteiger partial charge in [0.15, 0.2) is 0 Å². The molecule has 2 saturated heterocycles. The molecule has 0 spiro atoms. The number of nitrogens with zero attached hydrogens (tertiary/aromatic N) is 2. The van der Waals surface area contributed by atoms with Gasteiger partial charge in [-0.25, -0.2) is 0 Å². The SMILES string of the molecule is O=C(C1CCOCC1)N1CCC(OCc2ccccn2)C1. The van der Waals surface area contributed by atoms with Gasteiger partial charge in [-0.3, -0.25) is 9.78 Å². The summed E-state index contributed by atoms with van der Waals surface area (Å²) in [5, 5.41) is 0. The zero-order valence-electron chi connectivity index (χ0n) is 12.2. The lowest BCUT2D eigenvalue weighted by atomic mass is 9.99. The molecule has 5 nitrogen and oxygen atoms in total. The lowest BCUT2D eigenvalue weighted by molar-refractivity contribution is -0.138. The number of ether oxygens (including phenoxy) is 2. The number of carbonyl (C=O) groups excluding carboxylic acids is 1. The number of hydrogen-bond donors (Lipinski definition) is 0. The fourth-order valence-electron chi connectivity index (χ4n) is 2.95. The van der Waals surface area contributed by atoms with Gasteiger partial charge in [0.25, 0.3) is 0 Å². The molecule has 0 aliphatic carbocycles. The van der Waals surface area contributed by atoms with E-state index in [0.717, 1.165) is 31.5 Å². The van der Waals surface area contributed by atoms with Crippen LogP contribution in [0.25, 0.3) is 0 Å². The van der Waals surface area contributed by atoms with E-state index in [1.54, 1.807) is 6.20 Å². The first-order valence-corrected chi connectivity index (χ1v) is 7.71. The number of amides is 1. The number of pyridine rings is 1. The topological polar surface area (TPSA) is 51.7 Å². The van der Waals surface area contributed by atoms with E-state index in [1.807, 2.05) is 23.1 Å².